The zero-order valence-electron chi connectivity index (χ0n) is 21.9. The van der Waals surface area contributed by atoms with Gasteiger partial charge in [-0.15, -0.1) is 0 Å². The van der Waals surface area contributed by atoms with E-state index in [9.17, 15) is 0 Å². The van der Waals surface area contributed by atoms with Gasteiger partial charge in [0, 0.05) is 1240 Å². The van der Waals surface area contributed by atoms with Gasteiger partial charge in [-0.2, -0.15) is 0 Å². The molecule has 38 heteroatoms. The van der Waals surface area contributed by atoms with E-state index < -0.39 is 0 Å². The first kappa shape index (κ1) is 283. The molecule has 0 bridgehead atoms. The van der Waals surface area contributed by atoms with Crippen molar-refractivity contribution >= 4 is 0 Å². The Bertz CT molecular complexity index is 0. The first-order valence-electron chi connectivity index (χ1n) is 0. The van der Waals surface area contributed by atoms with Crippen LogP contribution in [-0.4, -0.2) is 0 Å². The second-order valence-electron chi connectivity index (χ2n) is 0. The van der Waals surface area contributed by atoms with Gasteiger partial charge in [0.25, 0.3) is 0 Å². The molecule has 0 aliphatic heterocycles. The van der Waals surface area contributed by atoms with Crippen LogP contribution in [0.15, 0.2) is 0 Å². The number of hydrogen-bond acceptors (Lipinski definition) is 0. The van der Waals surface area contributed by atoms with E-state index in [1.165, 1.54) is 0 Å². The van der Waals surface area contributed by atoms with Crippen LogP contribution in [-0.2, 0) is 1240 Å². The van der Waals surface area contributed by atoms with E-state index in [0.717, 1.165) is 0 Å². The Morgan fingerprint density at radius 2 is 0.0263 bits per heavy atom. The third kappa shape index (κ3) is 262. The molecule has 0 spiro atoms. The van der Waals surface area contributed by atoms with Crippen LogP contribution < -0.4 is 0 Å². The molecule has 114 valence electrons. The Hall–Kier alpha value is 41.9. The molecule has 0 aliphatic rings. The van der Waals surface area contributed by atoms with Crippen molar-refractivity contribution in [2.45, 2.75) is 0 Å². The molecule has 0 heterocycles. The second kappa shape index (κ2) is 273. The van der Waals surface area contributed by atoms with Gasteiger partial charge in [0.05, 0.1) is 0 Å². The average Bonchev–Trinajstić information content (AvgIpc) is 0. The van der Waals surface area contributed by atoms with Gasteiger partial charge in [0.2, 0.25) is 0 Å². The fourth-order valence-corrected chi connectivity index (χ4v) is 0. The largest absolute Gasteiger partial charge is 0 e. The molecule has 0 fully saturated rings. The van der Waals surface area contributed by atoms with Crippen LogP contribution in [0, 0.1) is 0 Å². The minimum atomic E-state index is 0. The molecule has 0 aromatic heterocycles. The van der Waals surface area contributed by atoms with Crippen LogP contribution >= 0.6 is 0 Å². The van der Waals surface area contributed by atoms with E-state index in [4.69, 9.17) is 0 Å². The molecule has 0 saturated carbocycles. The van der Waals surface area contributed by atoms with Gasteiger partial charge >= 0.3 is 0 Å². The zero-order chi connectivity index (χ0) is 0. The van der Waals surface area contributed by atoms with Crippen molar-refractivity contribution in [1.29, 1.82) is 0 Å². The summed E-state index contributed by atoms with van der Waals surface area (Å²) in [6, 6.07) is 0. The van der Waals surface area contributed by atoms with Gasteiger partial charge in [-0.1, -0.05) is 0 Å². The topological polar surface area (TPSA) is 0 Å². The average molecular weight is 3380 g/mol. The van der Waals surface area contributed by atoms with Crippen molar-refractivity contribution in [2.75, 3.05) is 0 Å². The van der Waals surface area contributed by atoms with Crippen molar-refractivity contribution in [3.05, 3.63) is 0 Å². The molecule has 0 aromatic rings. The van der Waals surface area contributed by atoms with Crippen LogP contribution in [0.5, 0.6) is 0 Å². The maximum atomic E-state index is 0. The Balaban J connectivity index is 0. The first-order chi connectivity index (χ1) is 0. The maximum absolute atomic E-state index is 0. The van der Waals surface area contributed by atoms with Crippen molar-refractivity contribution in [2.24, 2.45) is 0 Å². The van der Waals surface area contributed by atoms with Crippen LogP contribution in [0.25, 0.3) is 0 Å². The van der Waals surface area contributed by atoms with Crippen molar-refractivity contribution in [3.63, 3.8) is 0 Å². The standard InChI is InChI=1S/38Y. The third-order valence-electron chi connectivity index (χ3n) is 0. The van der Waals surface area contributed by atoms with E-state index in [0.29, 0.717) is 0 Å². The molecule has 38 radical (unpaired) electrons. The van der Waals surface area contributed by atoms with E-state index in [1.807, 2.05) is 0 Å². The molecule has 0 rings (SSSR count). The van der Waals surface area contributed by atoms with Crippen LogP contribution in [0.3, 0.4) is 0 Å². The van der Waals surface area contributed by atoms with Gasteiger partial charge in [-0.25, -0.2) is 0 Å². The Labute approximate surface area is 1190 Å². The number of hydrogen-bond donors (Lipinski definition) is 0. The summed E-state index contributed by atoms with van der Waals surface area (Å²) >= 11 is 0. The quantitative estimate of drug-likeness (QED) is 0.319. The van der Waals surface area contributed by atoms with Gasteiger partial charge in [0.15, 0.2) is 0 Å². The normalized spacial score (nSPS) is 0. The molecule has 0 unspecified atom stereocenters. The van der Waals surface area contributed by atoms with Gasteiger partial charge in [0.1, 0.15) is 0 Å². The Morgan fingerprint density at radius 1 is 0.0263 bits per heavy atom. The zero-order valence-corrected chi connectivity index (χ0v) is 130. The summed E-state index contributed by atoms with van der Waals surface area (Å²) < 4.78 is 0. The van der Waals surface area contributed by atoms with Crippen molar-refractivity contribution in [1.82, 2.24) is 0 Å². The molecule has 0 saturated heterocycles. The Kier molecular flexibility index (Phi) is 2030. The van der Waals surface area contributed by atoms with Gasteiger partial charge in [-0.3, -0.25) is 0 Å². The summed E-state index contributed by atoms with van der Waals surface area (Å²) in [5, 5.41) is 0. The van der Waals surface area contributed by atoms with Crippen LogP contribution in [0.2, 0.25) is 0 Å². The molecular weight excluding hydrogens is 3380 g/mol. The summed E-state index contributed by atoms with van der Waals surface area (Å²) in [6.45, 7) is 0. The predicted octanol–water partition coefficient (Wildman–Crippen LogP) is -0.0950. The monoisotopic (exact) mass is 3380 g/mol. The molecule has 0 amide bonds. The second-order valence-corrected chi connectivity index (χ2v) is 0. The smallest absolute Gasteiger partial charge is 0 e. The first-order valence-corrected chi connectivity index (χ1v) is 0. The van der Waals surface area contributed by atoms with Gasteiger partial charge < -0.3 is 0 Å². The molecular formula is Y38. The number of rotatable bonds is 0. The van der Waals surface area contributed by atoms with Crippen molar-refractivity contribution in [3.8, 4) is 0 Å². The maximum Gasteiger partial charge on any atom is 0 e. The summed E-state index contributed by atoms with van der Waals surface area (Å²) in [7, 11) is 0. The molecule has 0 aromatic carbocycles. The van der Waals surface area contributed by atoms with Crippen molar-refractivity contribution < 1.29 is 1240 Å². The summed E-state index contributed by atoms with van der Waals surface area (Å²) in [5.41, 5.74) is 0. The minimum Gasteiger partial charge on any atom is 0 e. The molecule has 0 nitrogen and oxygen atoms in total. The summed E-state index contributed by atoms with van der Waals surface area (Å²) in [6.07, 6.45) is 0. The molecule has 38 heavy (non-hydrogen) atoms. The molecule has 0 aliphatic carbocycles. The molecule has 0 atom stereocenters. The third-order valence-corrected chi connectivity index (χ3v) is 0. The van der Waals surface area contributed by atoms with Crippen LogP contribution in [0.1, 0.15) is 0 Å². The Morgan fingerprint density at radius 3 is 0.0263 bits per heavy atom. The predicted molar refractivity (Wildman–Crippen MR) is 0 cm³/mol. The fraction of sp³-hybridized carbons (Fsp3) is 0. The van der Waals surface area contributed by atoms with E-state index >= 15 is 0 Å². The summed E-state index contributed by atoms with van der Waals surface area (Å²) in [5.74, 6) is 0. The molecule has 0 N–H and O–H groups in total. The summed E-state index contributed by atoms with van der Waals surface area (Å²) in [4.78, 5) is 0. The van der Waals surface area contributed by atoms with E-state index in [2.05, 4.69) is 0 Å². The van der Waals surface area contributed by atoms with E-state index in [-0.39, 0.29) is 1240 Å². The fourth-order valence-electron chi connectivity index (χ4n) is 0. The SMILES string of the molecule is [Y].[Y].[Y].[Y].[Y].[Y].[Y].[Y].[Y].[Y].[Y].[Y].[Y].[Y].[Y].[Y].[Y].[Y].[Y].[Y].[Y].[Y].[Y].[Y].[Y].[Y].[Y].[Y].[Y].[Y].[Y].[Y].[Y].[Y].[Y].[Y].[Y].[Y]. The van der Waals surface area contributed by atoms with Crippen LogP contribution in [0.4, 0.5) is 0 Å². The van der Waals surface area contributed by atoms with E-state index in [1.54, 1.807) is 0 Å². The minimum absolute atomic E-state index is 0. The van der Waals surface area contributed by atoms with Gasteiger partial charge in [-0.05, 0) is 0 Å².